The molecule has 19 heavy (non-hydrogen) atoms. The van der Waals surface area contributed by atoms with E-state index in [2.05, 4.69) is 60.2 Å². The third kappa shape index (κ3) is 5.86. The highest BCUT2D eigenvalue weighted by molar-refractivity contribution is 9.10. The predicted octanol–water partition coefficient (Wildman–Crippen LogP) is 4.23. The Morgan fingerprint density at radius 2 is 2.11 bits per heavy atom. The third-order valence-corrected chi connectivity index (χ3v) is 4.99. The normalized spacial score (nSPS) is 14.4. The molecule has 0 aliphatic heterocycles. The predicted molar refractivity (Wildman–Crippen MR) is 87.8 cm³/mol. The van der Waals surface area contributed by atoms with E-state index in [-0.39, 0.29) is 6.61 Å². The number of hydrogen-bond acceptors (Lipinski definition) is 3. The van der Waals surface area contributed by atoms with Crippen molar-refractivity contribution in [1.29, 1.82) is 0 Å². The van der Waals surface area contributed by atoms with Crippen molar-refractivity contribution in [1.82, 2.24) is 5.32 Å². The van der Waals surface area contributed by atoms with Gasteiger partial charge in [0.2, 0.25) is 0 Å². The largest absolute Gasteiger partial charge is 0.396 e. The van der Waals surface area contributed by atoms with E-state index in [0.717, 1.165) is 23.2 Å². The molecule has 1 aromatic rings. The monoisotopic (exact) mass is 345 g/mol. The van der Waals surface area contributed by atoms with Gasteiger partial charge in [-0.2, -0.15) is 0 Å². The zero-order chi connectivity index (χ0) is 14.3. The van der Waals surface area contributed by atoms with Crippen LogP contribution in [0.4, 0.5) is 0 Å². The summed E-state index contributed by atoms with van der Waals surface area (Å²) in [6.07, 6.45) is 1.15. The molecule has 0 heterocycles. The van der Waals surface area contributed by atoms with Gasteiger partial charge < -0.3 is 10.4 Å². The number of benzene rings is 1. The van der Waals surface area contributed by atoms with Crippen LogP contribution in [0, 0.1) is 5.92 Å². The molecule has 1 rings (SSSR count). The van der Waals surface area contributed by atoms with E-state index in [0.29, 0.717) is 12.0 Å². The summed E-state index contributed by atoms with van der Waals surface area (Å²) in [5.41, 5.74) is 1.30. The summed E-state index contributed by atoms with van der Waals surface area (Å²) in [6, 6.07) is 6.89. The van der Waals surface area contributed by atoms with Crippen LogP contribution in [-0.4, -0.2) is 24.0 Å². The molecule has 0 amide bonds. The van der Waals surface area contributed by atoms with E-state index in [1.54, 1.807) is 11.8 Å². The van der Waals surface area contributed by atoms with Gasteiger partial charge >= 0.3 is 0 Å². The van der Waals surface area contributed by atoms with Crippen molar-refractivity contribution in [2.75, 3.05) is 18.9 Å². The first-order valence-corrected chi connectivity index (χ1v) is 8.62. The summed E-state index contributed by atoms with van der Waals surface area (Å²) in [5.74, 6) is 1.29. The number of nitrogens with one attached hydrogen (secondary N) is 1. The van der Waals surface area contributed by atoms with Crippen LogP contribution in [0.2, 0.25) is 0 Å². The highest BCUT2D eigenvalue weighted by Crippen LogP contribution is 2.29. The summed E-state index contributed by atoms with van der Waals surface area (Å²) >= 11 is 5.46. The molecular formula is C15H24BrNOS. The van der Waals surface area contributed by atoms with Crippen LogP contribution in [0.3, 0.4) is 0 Å². The molecule has 0 spiro atoms. The van der Waals surface area contributed by atoms with Gasteiger partial charge in [0.15, 0.2) is 0 Å². The molecule has 0 aromatic heterocycles. The molecule has 4 heteroatoms. The SMILES string of the molecule is CCCNC(C)c1ccc(SCC(C)CO)cc1Br. The average molecular weight is 346 g/mol. The molecule has 2 nitrogen and oxygen atoms in total. The number of aliphatic hydroxyl groups is 1. The smallest absolute Gasteiger partial charge is 0.0464 e. The quantitative estimate of drug-likeness (QED) is 0.691. The second-order valence-electron chi connectivity index (χ2n) is 4.96. The highest BCUT2D eigenvalue weighted by Gasteiger charge is 2.09. The topological polar surface area (TPSA) is 32.3 Å². The Hall–Kier alpha value is -0.0300. The molecule has 108 valence electrons. The van der Waals surface area contributed by atoms with Crippen molar-refractivity contribution in [2.24, 2.45) is 5.92 Å². The summed E-state index contributed by atoms with van der Waals surface area (Å²) in [4.78, 5) is 1.25. The van der Waals surface area contributed by atoms with Crippen LogP contribution >= 0.6 is 27.7 Å². The molecule has 2 unspecified atom stereocenters. The first-order chi connectivity index (χ1) is 9.08. The molecule has 0 bridgehead atoms. The zero-order valence-electron chi connectivity index (χ0n) is 11.9. The van der Waals surface area contributed by atoms with E-state index in [1.807, 2.05) is 0 Å². The van der Waals surface area contributed by atoms with Crippen molar-refractivity contribution in [2.45, 2.75) is 38.1 Å². The number of hydrogen-bond donors (Lipinski definition) is 2. The average Bonchev–Trinajstić information content (AvgIpc) is 2.42. The van der Waals surface area contributed by atoms with E-state index in [4.69, 9.17) is 5.11 Å². The van der Waals surface area contributed by atoms with Crippen molar-refractivity contribution < 1.29 is 5.11 Å². The van der Waals surface area contributed by atoms with Crippen LogP contribution in [0.1, 0.15) is 38.8 Å². The fourth-order valence-corrected chi connectivity index (χ4v) is 3.53. The number of rotatable bonds is 8. The molecule has 0 aliphatic carbocycles. The van der Waals surface area contributed by atoms with Gasteiger partial charge in [-0.25, -0.2) is 0 Å². The molecule has 1 aromatic carbocycles. The molecule has 0 saturated heterocycles. The number of aliphatic hydroxyl groups excluding tert-OH is 1. The number of thioether (sulfide) groups is 1. The third-order valence-electron chi connectivity index (χ3n) is 2.99. The van der Waals surface area contributed by atoms with Crippen molar-refractivity contribution in [3.63, 3.8) is 0 Å². The Morgan fingerprint density at radius 1 is 1.37 bits per heavy atom. The summed E-state index contributed by atoms with van der Waals surface area (Å²) in [7, 11) is 0. The van der Waals surface area contributed by atoms with E-state index in [1.165, 1.54) is 10.5 Å². The molecule has 0 radical (unpaired) electrons. The Labute approximate surface area is 129 Å². The maximum Gasteiger partial charge on any atom is 0.0464 e. The van der Waals surface area contributed by atoms with E-state index < -0.39 is 0 Å². The Bertz CT molecular complexity index is 386. The lowest BCUT2D eigenvalue weighted by Gasteiger charge is -2.16. The van der Waals surface area contributed by atoms with Crippen LogP contribution < -0.4 is 5.32 Å². The minimum absolute atomic E-state index is 0.254. The minimum Gasteiger partial charge on any atom is -0.396 e. The Balaban J connectivity index is 2.63. The Morgan fingerprint density at radius 3 is 2.68 bits per heavy atom. The van der Waals surface area contributed by atoms with Crippen LogP contribution in [0.15, 0.2) is 27.6 Å². The van der Waals surface area contributed by atoms with Gasteiger partial charge in [-0.3, -0.25) is 0 Å². The lowest BCUT2D eigenvalue weighted by Crippen LogP contribution is -2.19. The van der Waals surface area contributed by atoms with Crippen molar-refractivity contribution >= 4 is 27.7 Å². The fraction of sp³-hybridized carbons (Fsp3) is 0.600. The van der Waals surface area contributed by atoms with Crippen LogP contribution in [-0.2, 0) is 0 Å². The van der Waals surface area contributed by atoms with E-state index in [9.17, 15) is 0 Å². The van der Waals surface area contributed by atoms with Crippen molar-refractivity contribution in [3.05, 3.63) is 28.2 Å². The van der Waals surface area contributed by atoms with Gasteiger partial charge in [0.1, 0.15) is 0 Å². The minimum atomic E-state index is 0.254. The lowest BCUT2D eigenvalue weighted by atomic mass is 10.1. The summed E-state index contributed by atoms with van der Waals surface area (Å²) < 4.78 is 1.16. The first-order valence-electron chi connectivity index (χ1n) is 6.85. The summed E-state index contributed by atoms with van der Waals surface area (Å²) in [5, 5.41) is 12.5. The molecular weight excluding hydrogens is 322 g/mol. The molecule has 2 atom stereocenters. The molecule has 0 fully saturated rings. The zero-order valence-corrected chi connectivity index (χ0v) is 14.4. The molecule has 0 aliphatic rings. The maximum atomic E-state index is 9.04. The van der Waals surface area contributed by atoms with Gasteiger partial charge in [-0.1, -0.05) is 35.8 Å². The summed E-state index contributed by atoms with van der Waals surface area (Å²) in [6.45, 7) is 7.72. The van der Waals surface area contributed by atoms with E-state index >= 15 is 0 Å². The first kappa shape index (κ1) is 17.0. The number of halogens is 1. The Kier molecular flexibility index (Phi) is 8.07. The van der Waals surface area contributed by atoms with Gasteiger partial charge in [0.25, 0.3) is 0 Å². The van der Waals surface area contributed by atoms with Gasteiger partial charge in [-0.15, -0.1) is 11.8 Å². The lowest BCUT2D eigenvalue weighted by molar-refractivity contribution is 0.250. The standard InChI is InChI=1S/C15H24BrNOS/c1-4-7-17-12(3)14-6-5-13(8-15(14)16)19-10-11(2)9-18/h5-6,8,11-12,17-18H,4,7,9-10H2,1-3H3. The van der Waals surface area contributed by atoms with Crippen LogP contribution in [0.25, 0.3) is 0 Å². The van der Waals surface area contributed by atoms with Crippen molar-refractivity contribution in [3.8, 4) is 0 Å². The van der Waals surface area contributed by atoms with Gasteiger partial charge in [-0.05, 0) is 43.5 Å². The van der Waals surface area contributed by atoms with Crippen LogP contribution in [0.5, 0.6) is 0 Å². The van der Waals surface area contributed by atoms with Gasteiger partial charge in [0, 0.05) is 27.8 Å². The molecule has 2 N–H and O–H groups in total. The van der Waals surface area contributed by atoms with Gasteiger partial charge in [0.05, 0.1) is 0 Å². The highest BCUT2D eigenvalue weighted by atomic mass is 79.9. The molecule has 0 saturated carbocycles. The maximum absolute atomic E-state index is 9.04. The fourth-order valence-electron chi connectivity index (χ4n) is 1.71. The second-order valence-corrected chi connectivity index (χ2v) is 6.91. The second kappa shape index (κ2) is 9.01.